The molecule has 3 atom stereocenters. The maximum Gasteiger partial charge on any atom is 0.274 e. The Bertz CT molecular complexity index is 5240. The molecule has 0 saturated carbocycles. The van der Waals surface area contributed by atoms with Gasteiger partial charge in [-0.1, -0.05) is 127 Å². The first-order chi connectivity index (χ1) is 53.8. The lowest BCUT2D eigenvalue weighted by Crippen LogP contribution is -2.34. The number of benzene rings is 6. The molecule has 0 spiro atoms. The third-order valence-corrected chi connectivity index (χ3v) is 21.9. The molecule has 0 amide bonds. The second kappa shape index (κ2) is 35.9. The van der Waals surface area contributed by atoms with Crippen LogP contribution in [0, 0.1) is 17.5 Å². The van der Waals surface area contributed by atoms with Gasteiger partial charge in [0.15, 0.2) is 0 Å². The zero-order chi connectivity index (χ0) is 79.5. The van der Waals surface area contributed by atoms with Crippen LogP contribution in [0.25, 0.3) is 67.5 Å². The lowest BCUT2D eigenvalue weighted by Gasteiger charge is -2.31. The monoisotopic (exact) mass is 1540 g/mol. The number of sulfone groups is 1. The van der Waals surface area contributed by atoms with Gasteiger partial charge in [-0.25, -0.2) is 51.5 Å². The minimum Gasteiger partial charge on any atom is -0.348 e. The predicted molar refractivity (Wildman–Crippen MR) is 435 cm³/mol. The van der Waals surface area contributed by atoms with Gasteiger partial charge in [0, 0.05) is 52.0 Å². The molecule has 3 aliphatic rings. The highest BCUT2D eigenvalue weighted by atomic mass is 32.2. The Kier molecular flexibility index (Phi) is 25.7. The maximum atomic E-state index is 13.7. The van der Waals surface area contributed by atoms with E-state index in [1.807, 2.05) is 90.5 Å². The number of rotatable bonds is 17. The molecule has 23 nitrogen and oxygen atoms in total. The molecule has 6 aromatic heterocycles. The summed E-state index contributed by atoms with van der Waals surface area (Å²) in [7, 11) is 7.94. The Morgan fingerprint density at radius 2 is 0.670 bits per heavy atom. The number of anilines is 2. The Morgan fingerprint density at radius 1 is 0.393 bits per heavy atom. The second-order valence-electron chi connectivity index (χ2n) is 29.1. The lowest BCUT2D eigenvalue weighted by molar-refractivity contribution is 0.203. The van der Waals surface area contributed by atoms with E-state index in [1.54, 1.807) is 90.0 Å². The fourth-order valence-corrected chi connectivity index (χ4v) is 15.3. The topological polar surface area (TPSA) is 252 Å². The highest BCUT2D eigenvalue weighted by Crippen LogP contribution is 2.39. The summed E-state index contributed by atoms with van der Waals surface area (Å²) in [6.07, 6.45) is 11.2. The zero-order valence-corrected chi connectivity index (χ0v) is 65.7. The van der Waals surface area contributed by atoms with Gasteiger partial charge in [0.2, 0.25) is 26.9 Å². The van der Waals surface area contributed by atoms with Crippen LogP contribution in [0.15, 0.2) is 220 Å². The van der Waals surface area contributed by atoms with E-state index in [1.165, 1.54) is 48.2 Å². The Balaban J connectivity index is 0.000000148. The van der Waals surface area contributed by atoms with Crippen LogP contribution < -0.4 is 33.0 Å². The van der Waals surface area contributed by atoms with E-state index in [4.69, 9.17) is 15.7 Å². The molecule has 6 aromatic carbocycles. The standard InChI is InChI=1S/2C28H31FN6O.C21H24FN5O3S.C8H11N/c2*1-19(20-7-5-4-6-8-20)31-28-30-16-13-24(32-28)26-25(21-9-11-22(29)12-10-21)27(36)34(3)35(26)23-14-17-33(2)18-15-23;1-25-12-9-16(10-13-25)27-19(17-8-11-23-21(24-17)31(3,29)30)18(20(28)26(27)2)14-4-6-15(22)7-5-14;1-7(9)8-5-3-2-4-6-8/h2*4-13,16,19,23H,14-15,17-18H2,1-3H3,(H,30,31,32);4-8,11,16H,9-10,12-13H2,1-3H3;2-7H,9H2,1H3/t2*19-;;7-/m00.0/s1. The minimum atomic E-state index is -3.64. The van der Waals surface area contributed by atoms with Crippen molar-refractivity contribution < 1.29 is 21.6 Å². The third kappa shape index (κ3) is 18.7. The van der Waals surface area contributed by atoms with E-state index in [-0.39, 0.29) is 69.7 Å². The Morgan fingerprint density at radius 3 is 0.946 bits per heavy atom. The molecule has 112 heavy (non-hydrogen) atoms. The van der Waals surface area contributed by atoms with Crippen molar-refractivity contribution in [3.63, 3.8) is 0 Å². The predicted octanol–water partition coefficient (Wildman–Crippen LogP) is 13.6. The zero-order valence-electron chi connectivity index (χ0n) is 64.9. The molecule has 3 saturated heterocycles. The van der Waals surface area contributed by atoms with Crippen LogP contribution in [0.3, 0.4) is 0 Å². The summed E-state index contributed by atoms with van der Waals surface area (Å²) in [5.41, 5.74) is 15.5. The fraction of sp³-hybridized carbons (Fsp3) is 0.329. The average molecular weight is 1540 g/mol. The summed E-state index contributed by atoms with van der Waals surface area (Å²) < 4.78 is 76.1. The first kappa shape index (κ1) is 80.3. The number of aromatic nitrogens is 12. The first-order valence-electron chi connectivity index (χ1n) is 37.7. The van der Waals surface area contributed by atoms with Crippen molar-refractivity contribution in [1.82, 2.24) is 72.7 Å². The first-order valence-corrected chi connectivity index (χ1v) is 39.6. The molecule has 15 rings (SSSR count). The maximum absolute atomic E-state index is 13.7. The Labute approximate surface area is 650 Å². The molecule has 3 fully saturated rings. The second-order valence-corrected chi connectivity index (χ2v) is 31.0. The molecule has 3 aliphatic heterocycles. The summed E-state index contributed by atoms with van der Waals surface area (Å²) in [5, 5.41) is 6.47. The number of likely N-dealkylation sites (tertiary alicyclic amines) is 3. The molecule has 584 valence electrons. The van der Waals surface area contributed by atoms with Crippen molar-refractivity contribution in [3.8, 4) is 67.5 Å². The number of nitrogens with one attached hydrogen (secondary N) is 2. The summed E-state index contributed by atoms with van der Waals surface area (Å²) in [4.78, 5) is 74.2. The van der Waals surface area contributed by atoms with Crippen LogP contribution in [0.4, 0.5) is 25.1 Å². The van der Waals surface area contributed by atoms with Gasteiger partial charge in [-0.2, -0.15) is 0 Å². The van der Waals surface area contributed by atoms with Crippen molar-refractivity contribution in [2.45, 2.75) is 101 Å². The van der Waals surface area contributed by atoms with Crippen molar-refractivity contribution in [2.75, 3.05) is 77.3 Å². The van der Waals surface area contributed by atoms with E-state index in [0.717, 1.165) is 107 Å². The molecule has 4 N–H and O–H groups in total. The summed E-state index contributed by atoms with van der Waals surface area (Å²) in [6, 6.07) is 54.0. The van der Waals surface area contributed by atoms with Crippen molar-refractivity contribution in [1.29, 1.82) is 0 Å². The molecule has 0 unspecified atom stereocenters. The molecule has 0 aliphatic carbocycles. The van der Waals surface area contributed by atoms with Crippen LogP contribution in [0.1, 0.15) is 112 Å². The van der Waals surface area contributed by atoms with Crippen LogP contribution in [-0.4, -0.2) is 148 Å². The molecular weight excluding hydrogens is 1440 g/mol. The van der Waals surface area contributed by atoms with Gasteiger partial charge in [-0.05, 0) is 208 Å². The van der Waals surface area contributed by atoms with E-state index in [9.17, 15) is 36.0 Å². The van der Waals surface area contributed by atoms with E-state index < -0.39 is 15.7 Å². The number of halogens is 3. The van der Waals surface area contributed by atoms with Crippen molar-refractivity contribution in [3.05, 3.63) is 266 Å². The normalized spacial score (nSPS) is 15.6. The van der Waals surface area contributed by atoms with Crippen LogP contribution in [-0.2, 0) is 31.0 Å². The SMILES string of the molecule is CN1CCC(n2c(-c3ccnc(S(C)(=O)=O)n3)c(-c3ccc(F)cc3)c(=O)n2C)CC1.C[C@H](N)c1ccccc1.C[C@H](Nc1nccc(-c2c(-c3ccc(F)cc3)c(=O)n(C)n2C2CCN(C)CC2)n1)c1ccccc1.C[C@H](Nc1nccc(-c2c(-c3ccc(F)cc3)c(=O)n(C)n2C2CCN(C)CC2)n1)c1ccccc1. The molecule has 9 heterocycles. The summed E-state index contributed by atoms with van der Waals surface area (Å²) in [6.45, 7) is 11.7. The van der Waals surface area contributed by atoms with Crippen LogP contribution in [0.5, 0.6) is 0 Å². The molecule has 27 heteroatoms. The number of piperidine rings is 3. The third-order valence-electron chi connectivity index (χ3n) is 21.0. The molecule has 12 aromatic rings. The molecule has 0 bridgehead atoms. The lowest BCUT2D eigenvalue weighted by atomic mass is 10.0. The minimum absolute atomic E-state index is 0.00451. The van der Waals surface area contributed by atoms with Gasteiger partial charge in [0.05, 0.1) is 81.1 Å². The largest absolute Gasteiger partial charge is 0.348 e. The van der Waals surface area contributed by atoms with Crippen LogP contribution >= 0.6 is 0 Å². The smallest absolute Gasteiger partial charge is 0.274 e. The van der Waals surface area contributed by atoms with Gasteiger partial charge in [-0.3, -0.25) is 42.5 Å². The van der Waals surface area contributed by atoms with Gasteiger partial charge in [0.1, 0.15) is 17.5 Å². The number of nitrogens with zero attached hydrogens (tertiary/aromatic N) is 15. The number of hydrogen-bond donors (Lipinski definition) is 3. The fourth-order valence-electron chi connectivity index (χ4n) is 14.8. The van der Waals surface area contributed by atoms with E-state index >= 15 is 0 Å². The quantitative estimate of drug-likeness (QED) is 0.0716. The van der Waals surface area contributed by atoms with E-state index in [0.29, 0.717) is 68.1 Å². The van der Waals surface area contributed by atoms with Crippen LogP contribution in [0.2, 0.25) is 0 Å². The number of nitrogens with two attached hydrogens (primary N) is 1. The van der Waals surface area contributed by atoms with E-state index in [2.05, 4.69) is 114 Å². The summed E-state index contributed by atoms with van der Waals surface area (Å²) >= 11 is 0. The van der Waals surface area contributed by atoms with Gasteiger partial charge in [0.25, 0.3) is 16.7 Å². The Hall–Kier alpha value is -11.2. The highest BCUT2D eigenvalue weighted by molar-refractivity contribution is 7.90. The molecular formula is C85H97F3N18O5S. The average Bonchev–Trinajstić information content (AvgIpc) is 1.63. The van der Waals surface area contributed by atoms with Gasteiger partial charge >= 0.3 is 0 Å². The number of hydrogen-bond acceptors (Lipinski definition) is 17. The summed E-state index contributed by atoms with van der Waals surface area (Å²) in [5.74, 6) is -0.107. The van der Waals surface area contributed by atoms with Crippen molar-refractivity contribution in [2.24, 2.45) is 26.9 Å². The highest BCUT2D eigenvalue weighted by Gasteiger charge is 2.33. The van der Waals surface area contributed by atoms with Gasteiger partial charge in [-0.15, -0.1) is 0 Å². The van der Waals surface area contributed by atoms with Crippen molar-refractivity contribution >= 4 is 21.7 Å². The molecule has 0 radical (unpaired) electrons. The van der Waals surface area contributed by atoms with Gasteiger partial charge < -0.3 is 31.1 Å².